The van der Waals surface area contributed by atoms with Gasteiger partial charge in [0.05, 0.1) is 5.70 Å². The monoisotopic (exact) mass is 189 g/mol. The fraction of sp³-hybridized carbons (Fsp3) is 0.273. The molecule has 0 aromatic carbocycles. The Morgan fingerprint density at radius 3 is 2.86 bits per heavy atom. The minimum absolute atomic E-state index is 0.152. The largest absolute Gasteiger partial charge is 0.399 e. The van der Waals surface area contributed by atoms with E-state index in [1.165, 1.54) is 5.70 Å². The number of nitrogens with zero attached hydrogens (tertiary/aromatic N) is 2. The van der Waals surface area contributed by atoms with Crippen LogP contribution in [0.1, 0.15) is 6.92 Å². The standard InChI is InChI=1S/C11H15N3/c1-4-9-5-10(12)11-13(3)6-8(2)14(11)7-9/h4-7,11H,1,12H2,2-3H3. The molecule has 2 aliphatic rings. The van der Waals surface area contributed by atoms with Gasteiger partial charge in [-0.05, 0) is 18.6 Å². The molecule has 0 saturated carbocycles. The first-order valence-corrected chi connectivity index (χ1v) is 4.63. The zero-order valence-electron chi connectivity index (χ0n) is 8.57. The molecule has 0 aromatic rings. The lowest BCUT2D eigenvalue weighted by Gasteiger charge is -2.32. The molecule has 0 aromatic heterocycles. The van der Waals surface area contributed by atoms with Crippen LogP contribution in [0, 0.1) is 0 Å². The van der Waals surface area contributed by atoms with E-state index in [0.717, 1.165) is 11.3 Å². The second-order valence-electron chi connectivity index (χ2n) is 3.69. The van der Waals surface area contributed by atoms with Gasteiger partial charge in [-0.1, -0.05) is 12.7 Å². The molecule has 2 N–H and O–H groups in total. The normalized spacial score (nSPS) is 25.3. The molecule has 2 aliphatic heterocycles. The molecule has 0 fully saturated rings. The van der Waals surface area contributed by atoms with E-state index < -0.39 is 0 Å². The number of rotatable bonds is 1. The van der Waals surface area contributed by atoms with Crippen molar-refractivity contribution in [1.82, 2.24) is 9.80 Å². The lowest BCUT2D eigenvalue weighted by molar-refractivity contribution is 0.249. The zero-order valence-corrected chi connectivity index (χ0v) is 8.57. The van der Waals surface area contributed by atoms with Gasteiger partial charge in [0, 0.05) is 25.1 Å². The molecule has 0 radical (unpaired) electrons. The summed E-state index contributed by atoms with van der Waals surface area (Å²) in [5.74, 6) is 0. The third-order valence-corrected chi connectivity index (χ3v) is 2.60. The lowest BCUT2D eigenvalue weighted by atomic mass is 10.1. The molecule has 0 spiro atoms. The molecule has 1 atom stereocenters. The fourth-order valence-corrected chi connectivity index (χ4v) is 1.97. The van der Waals surface area contributed by atoms with Crippen LogP contribution in [0.4, 0.5) is 0 Å². The third kappa shape index (κ3) is 1.13. The first kappa shape index (κ1) is 8.94. The predicted molar refractivity (Wildman–Crippen MR) is 57.7 cm³/mol. The molecular weight excluding hydrogens is 174 g/mol. The Morgan fingerprint density at radius 2 is 2.21 bits per heavy atom. The van der Waals surface area contributed by atoms with Crippen LogP contribution in [0.5, 0.6) is 0 Å². The summed E-state index contributed by atoms with van der Waals surface area (Å²) in [6, 6.07) is 0. The van der Waals surface area contributed by atoms with Crippen LogP contribution in [0.25, 0.3) is 0 Å². The van der Waals surface area contributed by atoms with Crippen molar-refractivity contribution < 1.29 is 0 Å². The highest BCUT2D eigenvalue weighted by atomic mass is 15.4. The van der Waals surface area contributed by atoms with Crippen molar-refractivity contribution in [3.8, 4) is 0 Å². The van der Waals surface area contributed by atoms with Crippen LogP contribution in [0.3, 0.4) is 0 Å². The number of allylic oxidation sites excluding steroid dienone is 4. The predicted octanol–water partition coefficient (Wildman–Crippen LogP) is 1.35. The molecule has 2 rings (SSSR count). The van der Waals surface area contributed by atoms with Gasteiger partial charge in [0.15, 0.2) is 0 Å². The summed E-state index contributed by atoms with van der Waals surface area (Å²) in [5, 5.41) is 0. The van der Waals surface area contributed by atoms with E-state index in [2.05, 4.69) is 35.7 Å². The Hall–Kier alpha value is -1.64. The minimum atomic E-state index is 0.152. The fourth-order valence-electron chi connectivity index (χ4n) is 1.97. The molecule has 2 heterocycles. The number of hydrogen-bond donors (Lipinski definition) is 1. The number of nitrogens with two attached hydrogens (primary N) is 1. The van der Waals surface area contributed by atoms with Crippen LogP contribution < -0.4 is 5.73 Å². The quantitative estimate of drug-likeness (QED) is 0.675. The highest BCUT2D eigenvalue weighted by Gasteiger charge is 2.30. The van der Waals surface area contributed by atoms with E-state index in [1.54, 1.807) is 0 Å². The first-order chi connectivity index (χ1) is 6.63. The Balaban J connectivity index is 2.40. The molecule has 0 aliphatic carbocycles. The van der Waals surface area contributed by atoms with E-state index in [9.17, 15) is 0 Å². The molecule has 1 unspecified atom stereocenters. The second kappa shape index (κ2) is 2.94. The van der Waals surface area contributed by atoms with Gasteiger partial charge in [-0.3, -0.25) is 0 Å². The van der Waals surface area contributed by atoms with E-state index in [4.69, 9.17) is 5.73 Å². The molecule has 3 nitrogen and oxygen atoms in total. The van der Waals surface area contributed by atoms with Gasteiger partial charge in [-0.15, -0.1) is 0 Å². The third-order valence-electron chi connectivity index (χ3n) is 2.60. The van der Waals surface area contributed by atoms with Gasteiger partial charge in [-0.25, -0.2) is 0 Å². The Kier molecular flexibility index (Phi) is 1.88. The van der Waals surface area contributed by atoms with Gasteiger partial charge in [0.25, 0.3) is 0 Å². The summed E-state index contributed by atoms with van der Waals surface area (Å²) >= 11 is 0. The Bertz CT molecular complexity index is 363. The lowest BCUT2D eigenvalue weighted by Crippen LogP contribution is -2.40. The molecule has 0 saturated heterocycles. The molecule has 0 amide bonds. The topological polar surface area (TPSA) is 32.5 Å². The smallest absolute Gasteiger partial charge is 0.146 e. The highest BCUT2D eigenvalue weighted by molar-refractivity contribution is 5.39. The van der Waals surface area contributed by atoms with Crippen molar-refractivity contribution in [3.05, 3.63) is 48.1 Å². The van der Waals surface area contributed by atoms with Gasteiger partial charge in [0.2, 0.25) is 0 Å². The maximum absolute atomic E-state index is 5.99. The summed E-state index contributed by atoms with van der Waals surface area (Å²) in [6.07, 6.45) is 8.10. The SMILES string of the molecule is C=CC1=CN2C(C)=CN(C)C2C(N)=C1. The van der Waals surface area contributed by atoms with Crippen molar-refractivity contribution in [2.24, 2.45) is 5.73 Å². The summed E-state index contributed by atoms with van der Waals surface area (Å²) < 4.78 is 0. The van der Waals surface area contributed by atoms with Crippen molar-refractivity contribution >= 4 is 0 Å². The van der Waals surface area contributed by atoms with Crippen LogP contribution in [0.15, 0.2) is 48.1 Å². The molecule has 14 heavy (non-hydrogen) atoms. The number of fused-ring (bicyclic) bond motifs is 1. The zero-order chi connectivity index (χ0) is 10.3. The van der Waals surface area contributed by atoms with Crippen LogP contribution in [0.2, 0.25) is 0 Å². The summed E-state index contributed by atoms with van der Waals surface area (Å²) in [4.78, 5) is 4.27. The maximum atomic E-state index is 5.99. The maximum Gasteiger partial charge on any atom is 0.146 e. The first-order valence-electron chi connectivity index (χ1n) is 4.63. The number of hydrogen-bond acceptors (Lipinski definition) is 3. The van der Waals surface area contributed by atoms with Crippen molar-refractivity contribution in [2.45, 2.75) is 13.1 Å². The van der Waals surface area contributed by atoms with E-state index in [0.29, 0.717) is 0 Å². The van der Waals surface area contributed by atoms with E-state index in [-0.39, 0.29) is 6.17 Å². The van der Waals surface area contributed by atoms with Crippen LogP contribution >= 0.6 is 0 Å². The summed E-state index contributed by atoms with van der Waals surface area (Å²) in [7, 11) is 2.03. The molecule has 3 heteroatoms. The Labute approximate surface area is 84.5 Å². The van der Waals surface area contributed by atoms with Gasteiger partial charge >= 0.3 is 0 Å². The summed E-state index contributed by atoms with van der Waals surface area (Å²) in [5.41, 5.74) is 9.11. The second-order valence-corrected chi connectivity index (χ2v) is 3.69. The molecule has 0 bridgehead atoms. The minimum Gasteiger partial charge on any atom is -0.399 e. The van der Waals surface area contributed by atoms with Gasteiger partial charge in [-0.2, -0.15) is 0 Å². The van der Waals surface area contributed by atoms with Crippen molar-refractivity contribution in [3.63, 3.8) is 0 Å². The van der Waals surface area contributed by atoms with Crippen molar-refractivity contribution in [1.29, 1.82) is 0 Å². The average molecular weight is 189 g/mol. The van der Waals surface area contributed by atoms with Crippen molar-refractivity contribution in [2.75, 3.05) is 7.05 Å². The average Bonchev–Trinajstić information content (AvgIpc) is 2.42. The van der Waals surface area contributed by atoms with Gasteiger partial charge in [0.1, 0.15) is 6.17 Å². The highest BCUT2D eigenvalue weighted by Crippen LogP contribution is 2.29. The van der Waals surface area contributed by atoms with Gasteiger partial charge < -0.3 is 15.5 Å². The summed E-state index contributed by atoms with van der Waals surface area (Å²) in [6.45, 7) is 5.82. The van der Waals surface area contributed by atoms with E-state index in [1.807, 2.05) is 19.2 Å². The van der Waals surface area contributed by atoms with Crippen LogP contribution in [-0.2, 0) is 0 Å². The molecule has 74 valence electrons. The Morgan fingerprint density at radius 1 is 1.50 bits per heavy atom. The number of likely N-dealkylation sites (N-methyl/N-ethyl adjacent to an activating group) is 1. The van der Waals surface area contributed by atoms with E-state index >= 15 is 0 Å². The van der Waals surface area contributed by atoms with Crippen LogP contribution in [-0.4, -0.2) is 23.0 Å². The molecular formula is C11H15N3.